The first-order valence-corrected chi connectivity index (χ1v) is 16.5. The predicted octanol–water partition coefficient (Wildman–Crippen LogP) is 7.66. The number of nitrogens with zero attached hydrogens (tertiary/aromatic N) is 3. The molecule has 6 nitrogen and oxygen atoms in total. The van der Waals surface area contributed by atoms with Crippen molar-refractivity contribution < 1.29 is 9.53 Å². The van der Waals surface area contributed by atoms with Crippen LogP contribution >= 0.6 is 11.6 Å². The van der Waals surface area contributed by atoms with Crippen LogP contribution in [0.25, 0.3) is 22.2 Å². The summed E-state index contributed by atoms with van der Waals surface area (Å²) in [6.07, 6.45) is 7.50. The minimum absolute atomic E-state index is 0.0776. The number of piperidine rings is 3. The summed E-state index contributed by atoms with van der Waals surface area (Å²) in [5, 5.41) is 0.715. The normalized spacial score (nSPS) is 24.9. The van der Waals surface area contributed by atoms with Crippen LogP contribution in [0.3, 0.4) is 0 Å². The van der Waals surface area contributed by atoms with E-state index in [1.807, 2.05) is 18.2 Å². The molecule has 4 aromatic rings. The zero-order valence-electron chi connectivity index (χ0n) is 24.6. The molecule has 1 amide bonds. The Morgan fingerprint density at radius 2 is 1.72 bits per heavy atom. The van der Waals surface area contributed by atoms with Crippen molar-refractivity contribution in [3.05, 3.63) is 88.7 Å². The molecule has 4 heterocycles. The van der Waals surface area contributed by atoms with Crippen molar-refractivity contribution in [1.29, 1.82) is 0 Å². The number of hydrogen-bond donors (Lipinski definition) is 1. The Labute approximate surface area is 258 Å². The lowest BCUT2D eigenvalue weighted by Gasteiger charge is -2.57. The average Bonchev–Trinajstić information content (AvgIpc) is 3.59. The van der Waals surface area contributed by atoms with E-state index in [-0.39, 0.29) is 18.1 Å². The van der Waals surface area contributed by atoms with Crippen molar-refractivity contribution in [3.8, 4) is 11.1 Å². The van der Waals surface area contributed by atoms with Crippen LogP contribution in [0.15, 0.2) is 66.7 Å². The summed E-state index contributed by atoms with van der Waals surface area (Å²) in [5.74, 6) is 2.11. The van der Waals surface area contributed by atoms with Gasteiger partial charge in [0.1, 0.15) is 12.4 Å². The molecule has 0 bridgehead atoms. The Bertz CT molecular complexity index is 1600. The number of aryl methyl sites for hydroxylation is 1. The molecule has 1 aromatic heterocycles. The number of rotatable bonds is 6. The molecule has 4 aliphatic rings. The summed E-state index contributed by atoms with van der Waals surface area (Å²) in [7, 11) is 0. The monoisotopic (exact) mass is 594 g/mol. The number of H-pyrrole nitrogens is 1. The highest BCUT2D eigenvalue weighted by Crippen LogP contribution is 2.46. The number of aromatic amines is 1. The number of fused-ring (bicyclic) bond motifs is 4. The van der Waals surface area contributed by atoms with Gasteiger partial charge in [0.05, 0.1) is 11.0 Å². The van der Waals surface area contributed by atoms with Crippen molar-refractivity contribution in [1.82, 2.24) is 19.8 Å². The number of aromatic nitrogens is 2. The van der Waals surface area contributed by atoms with Gasteiger partial charge in [-0.25, -0.2) is 9.78 Å². The Kier molecular flexibility index (Phi) is 7.15. The molecule has 0 spiro atoms. The maximum atomic E-state index is 14.1. The molecule has 3 aromatic carbocycles. The first-order valence-electron chi connectivity index (χ1n) is 16.1. The van der Waals surface area contributed by atoms with Crippen LogP contribution in [-0.2, 0) is 11.2 Å². The maximum absolute atomic E-state index is 14.1. The molecule has 0 radical (unpaired) electrons. The summed E-state index contributed by atoms with van der Waals surface area (Å²) in [5.41, 5.74) is 6.97. The zero-order chi connectivity index (χ0) is 28.9. The highest BCUT2D eigenvalue weighted by Gasteiger charge is 2.50. The van der Waals surface area contributed by atoms with Gasteiger partial charge in [-0.05, 0) is 104 Å². The number of likely N-dealkylation sites (tertiary alicyclic amines) is 1. The lowest BCUT2D eigenvalue weighted by molar-refractivity contribution is -0.0728. The summed E-state index contributed by atoms with van der Waals surface area (Å²) in [6, 6.07) is 23.7. The molecular formula is C36H39ClN4O2. The molecule has 1 aliphatic carbocycles. The van der Waals surface area contributed by atoms with Crippen LogP contribution < -0.4 is 0 Å². The van der Waals surface area contributed by atoms with Crippen LogP contribution in [-0.4, -0.2) is 64.2 Å². The molecule has 1 N–H and O–H groups in total. The molecule has 7 heteroatoms. The first kappa shape index (κ1) is 27.2. The minimum Gasteiger partial charge on any atom is -0.448 e. The second kappa shape index (κ2) is 11.3. The van der Waals surface area contributed by atoms with Crippen LogP contribution in [0.4, 0.5) is 4.79 Å². The summed E-state index contributed by atoms with van der Waals surface area (Å²) < 4.78 is 6.28. The molecule has 8 rings (SSSR count). The van der Waals surface area contributed by atoms with Gasteiger partial charge in [0, 0.05) is 36.0 Å². The van der Waals surface area contributed by atoms with Gasteiger partial charge >= 0.3 is 6.09 Å². The van der Waals surface area contributed by atoms with E-state index in [2.05, 4.69) is 63.3 Å². The maximum Gasteiger partial charge on any atom is 0.410 e. The fourth-order valence-electron chi connectivity index (χ4n) is 8.88. The van der Waals surface area contributed by atoms with Gasteiger partial charge in [-0.3, -0.25) is 4.90 Å². The molecule has 3 fully saturated rings. The second-order valence-electron chi connectivity index (χ2n) is 13.0. The Hall–Kier alpha value is -3.35. The third kappa shape index (κ3) is 4.93. The van der Waals surface area contributed by atoms with E-state index < -0.39 is 0 Å². The summed E-state index contributed by atoms with van der Waals surface area (Å²) in [4.78, 5) is 27.2. The number of ether oxygens (including phenoxy) is 1. The smallest absolute Gasteiger partial charge is 0.410 e. The molecule has 3 aliphatic heterocycles. The number of amides is 1. The predicted molar refractivity (Wildman–Crippen MR) is 170 cm³/mol. The highest BCUT2D eigenvalue weighted by molar-refractivity contribution is 6.31. The number of halogens is 1. The number of carbonyl (C=O) groups is 1. The Balaban J connectivity index is 1.01. The van der Waals surface area contributed by atoms with Gasteiger partial charge in [0.15, 0.2) is 0 Å². The third-order valence-corrected chi connectivity index (χ3v) is 10.9. The topological polar surface area (TPSA) is 61.5 Å². The van der Waals surface area contributed by atoms with Gasteiger partial charge in [0.2, 0.25) is 0 Å². The highest BCUT2D eigenvalue weighted by atomic mass is 35.5. The van der Waals surface area contributed by atoms with Crippen LogP contribution in [0.2, 0.25) is 5.02 Å². The van der Waals surface area contributed by atoms with Gasteiger partial charge in [-0.2, -0.15) is 0 Å². The SMILES string of the molecule is O=C(OCC1c2ccccc2-c2ccccc21)N1C[C@@H]2CCCN3CCC[C@@H]([C@H]23)[C@H]1CCCc1nc2ccc(Cl)cc2[nH]1. The number of nitrogens with one attached hydrogen (secondary N) is 1. The molecule has 0 unspecified atom stereocenters. The summed E-state index contributed by atoms with van der Waals surface area (Å²) in [6.45, 7) is 3.60. The van der Waals surface area contributed by atoms with E-state index in [0.29, 0.717) is 29.5 Å². The van der Waals surface area contributed by atoms with E-state index >= 15 is 0 Å². The molecule has 4 atom stereocenters. The molecule has 43 heavy (non-hydrogen) atoms. The lowest BCUT2D eigenvalue weighted by atomic mass is 9.69. The van der Waals surface area contributed by atoms with E-state index in [4.69, 9.17) is 21.3 Å². The second-order valence-corrected chi connectivity index (χ2v) is 13.4. The zero-order valence-corrected chi connectivity index (χ0v) is 25.3. The van der Waals surface area contributed by atoms with Crippen LogP contribution in [0.5, 0.6) is 0 Å². The van der Waals surface area contributed by atoms with Gasteiger partial charge in [-0.1, -0.05) is 60.1 Å². The quantitative estimate of drug-likeness (QED) is 0.249. The third-order valence-electron chi connectivity index (χ3n) is 10.6. The molecule has 3 saturated heterocycles. The van der Waals surface area contributed by atoms with Crippen molar-refractivity contribution in [2.24, 2.45) is 11.8 Å². The fraction of sp³-hybridized carbons (Fsp3) is 0.444. The van der Waals surface area contributed by atoms with Crippen molar-refractivity contribution in [2.45, 2.75) is 62.9 Å². The van der Waals surface area contributed by atoms with Crippen LogP contribution in [0.1, 0.15) is 61.4 Å². The lowest BCUT2D eigenvalue weighted by Crippen LogP contribution is -2.65. The largest absolute Gasteiger partial charge is 0.448 e. The van der Waals surface area contributed by atoms with E-state index in [0.717, 1.165) is 42.7 Å². The number of benzene rings is 3. The van der Waals surface area contributed by atoms with E-state index in [1.165, 1.54) is 61.0 Å². The van der Waals surface area contributed by atoms with E-state index in [9.17, 15) is 4.79 Å². The minimum atomic E-state index is -0.133. The van der Waals surface area contributed by atoms with Crippen molar-refractivity contribution >= 4 is 28.7 Å². The van der Waals surface area contributed by atoms with Gasteiger partial charge in [0.25, 0.3) is 0 Å². The van der Waals surface area contributed by atoms with Gasteiger partial charge in [-0.15, -0.1) is 0 Å². The number of imidazole rings is 1. The fourth-order valence-corrected chi connectivity index (χ4v) is 9.06. The standard InChI is InChI=1S/C36H39ClN4O2/c37-24-16-17-31-32(20-24)39-34(38-31)15-5-14-33-29-13-7-19-40-18-6-8-23(35(29)40)21-41(33)36(42)43-22-30-27-11-3-1-9-25(27)26-10-2-4-12-28(26)30/h1-4,9-12,16-17,20,23,29-30,33,35H,5-8,13-15,18-19,21-22H2,(H,38,39)/t23-,29+,33+,35-/m0/s1. The Morgan fingerprint density at radius 3 is 2.51 bits per heavy atom. The molecular weight excluding hydrogens is 556 g/mol. The van der Waals surface area contributed by atoms with Crippen molar-refractivity contribution in [3.63, 3.8) is 0 Å². The van der Waals surface area contributed by atoms with Crippen molar-refractivity contribution in [2.75, 3.05) is 26.2 Å². The Morgan fingerprint density at radius 1 is 0.977 bits per heavy atom. The molecule has 222 valence electrons. The van der Waals surface area contributed by atoms with Gasteiger partial charge < -0.3 is 14.6 Å². The number of carbonyl (C=O) groups excluding carboxylic acids is 1. The average molecular weight is 595 g/mol. The molecule has 0 saturated carbocycles. The summed E-state index contributed by atoms with van der Waals surface area (Å²) >= 11 is 6.20. The van der Waals surface area contributed by atoms with Crippen LogP contribution in [0, 0.1) is 11.8 Å². The first-order chi connectivity index (χ1) is 21.1. The van der Waals surface area contributed by atoms with E-state index in [1.54, 1.807) is 0 Å². The number of hydrogen-bond acceptors (Lipinski definition) is 4.